The molecule has 20 rings (SSSR count). The van der Waals surface area contributed by atoms with Crippen LogP contribution in [0.15, 0.2) is 108 Å². The summed E-state index contributed by atoms with van der Waals surface area (Å²) in [4.78, 5) is 38.7. The van der Waals surface area contributed by atoms with Gasteiger partial charge in [0.25, 0.3) is 0 Å². The van der Waals surface area contributed by atoms with Crippen LogP contribution >= 0.6 is 22.6 Å². The van der Waals surface area contributed by atoms with Crippen LogP contribution in [0, 0.1) is 85.8 Å². The van der Waals surface area contributed by atoms with E-state index in [1.807, 2.05) is 18.2 Å². The Kier molecular flexibility index (Phi) is 29.3. The minimum atomic E-state index is -0.457. The Morgan fingerprint density at radius 1 is 0.452 bits per heavy atom. The van der Waals surface area contributed by atoms with E-state index in [0.29, 0.717) is 145 Å². The number of rotatable bonds is 22. The molecule has 0 aromatic heterocycles. The lowest BCUT2D eigenvalue weighted by Crippen LogP contribution is -2.53. The lowest BCUT2D eigenvalue weighted by Gasteiger charge is -2.58. The van der Waals surface area contributed by atoms with Gasteiger partial charge in [0.15, 0.2) is 17.4 Å². The van der Waals surface area contributed by atoms with E-state index < -0.39 is 5.79 Å². The molecule has 14 fully saturated rings. The summed E-state index contributed by atoms with van der Waals surface area (Å²) in [5, 5.41) is 32.5. The van der Waals surface area contributed by atoms with Crippen LogP contribution in [-0.2, 0) is 33.3 Å². The highest BCUT2D eigenvalue weighted by Crippen LogP contribution is 2.70. The number of aromatic hydroxyl groups is 1. The van der Waals surface area contributed by atoms with Crippen LogP contribution in [0.3, 0.4) is 0 Å². The van der Waals surface area contributed by atoms with Crippen LogP contribution in [-0.4, -0.2) is 107 Å². The largest absolute Gasteiger partial charge is 0.508 e. The van der Waals surface area contributed by atoms with E-state index in [9.17, 15) is 24.6 Å². The fourth-order valence-electron chi connectivity index (χ4n) is 30.9. The fourth-order valence-corrected chi connectivity index (χ4v) is 31.9. The van der Waals surface area contributed by atoms with Crippen molar-refractivity contribution >= 4 is 39.9 Å². The maximum Gasteiger partial charge on any atom is 0.188 e. The van der Waals surface area contributed by atoms with E-state index >= 15 is 0 Å². The van der Waals surface area contributed by atoms with Crippen molar-refractivity contribution < 1.29 is 53.0 Å². The van der Waals surface area contributed by atoms with Crippen molar-refractivity contribution in [3.63, 3.8) is 0 Å². The molecule has 682 valence electrons. The zero-order valence-corrected chi connectivity index (χ0v) is 79.3. The average molecular weight is 1810 g/mol. The average Bonchev–Trinajstić information content (AvgIpc) is 1.47. The summed E-state index contributed by atoms with van der Waals surface area (Å²) in [6, 6.07) is 28.2. The molecule has 15 aliphatic carbocycles. The van der Waals surface area contributed by atoms with E-state index in [2.05, 4.69) is 147 Å². The number of benzene rings is 3. The quantitative estimate of drug-likeness (QED) is 0.0364. The molecule has 2 aliphatic heterocycles. The highest BCUT2D eigenvalue weighted by molar-refractivity contribution is 14.1. The molecule has 0 bridgehead atoms. The lowest BCUT2D eigenvalue weighted by atomic mass is 9.46. The Hall–Kier alpha value is -4.30. The Bertz CT molecular complexity index is 4220. The Morgan fingerprint density at radius 2 is 0.935 bits per heavy atom. The summed E-state index contributed by atoms with van der Waals surface area (Å²) in [5.74, 6) is 8.80. The molecule has 15 heteroatoms. The summed E-state index contributed by atoms with van der Waals surface area (Å²) in [5.41, 5.74) is 9.01. The van der Waals surface area contributed by atoms with Gasteiger partial charge in [0, 0.05) is 95.4 Å². The second-order valence-electron chi connectivity index (χ2n) is 43.5. The number of allylic oxidation sites excluding steroid dienone is 3. The summed E-state index contributed by atoms with van der Waals surface area (Å²) in [6.07, 6.45) is 58.5. The minimum Gasteiger partial charge on any atom is -0.508 e. The van der Waals surface area contributed by atoms with E-state index in [-0.39, 0.29) is 39.0 Å². The fraction of sp³-hybridized carbons (Fsp3) is 0.752. The topological polar surface area (TPSA) is 183 Å². The SMILES string of the molecule is CCC(NC1CCCCC1)c1cccc(O)c1.CCC(NC1CCCCC1)c1cccc(OCC[C@]23CCC4C(CCC5=CC(=O)CC[C@@]54C)C2CC[C@@H]3O)c1.CCC(NC1CCCCC1)c1cccc(OCC[C@]23CCC4C(CCC5=CC6(CC[C@@]54C)OCCO6)C2CCC3=O)c1.C[C@]12CCC3(CC1=CCC1C4CCC(=O)[C@@]4(CCI)CCC12)OCCO3. The van der Waals surface area contributed by atoms with Gasteiger partial charge in [0.2, 0.25) is 0 Å². The molecule has 14 nitrogen and oxygen atoms in total. The normalized spacial score (nSPS) is 36.6. The Balaban J connectivity index is 0.000000123. The van der Waals surface area contributed by atoms with E-state index in [4.69, 9.17) is 28.4 Å². The number of aliphatic hydroxyl groups is 1. The van der Waals surface area contributed by atoms with Gasteiger partial charge >= 0.3 is 0 Å². The number of hydrogen-bond donors (Lipinski definition) is 5. The number of phenolic OH excluding ortho intramolecular Hbond substituents is 1. The molecule has 17 aliphatic rings. The number of carbonyl (C=O) groups excluding carboxylic acids is 3. The third kappa shape index (κ3) is 18.6. The third-order valence-corrected chi connectivity index (χ3v) is 38.2. The number of fused-ring (bicyclic) bond motifs is 15. The van der Waals surface area contributed by atoms with E-state index in [1.165, 1.54) is 157 Å². The molecule has 124 heavy (non-hydrogen) atoms. The van der Waals surface area contributed by atoms with Crippen LogP contribution in [0.5, 0.6) is 17.2 Å². The predicted octanol–water partition coefficient (Wildman–Crippen LogP) is 24.6. The highest BCUT2D eigenvalue weighted by Gasteiger charge is 2.65. The van der Waals surface area contributed by atoms with Gasteiger partial charge in [0.1, 0.15) is 28.8 Å². The molecular weight excluding hydrogens is 1650 g/mol. The van der Waals surface area contributed by atoms with Crippen molar-refractivity contribution in [3.8, 4) is 17.2 Å². The number of alkyl halides is 1. The number of halogens is 1. The lowest BCUT2D eigenvalue weighted by molar-refractivity contribution is -0.185. The zero-order valence-electron chi connectivity index (χ0n) is 77.1. The van der Waals surface area contributed by atoms with Crippen molar-refractivity contribution in [2.24, 2.45) is 85.8 Å². The second kappa shape index (κ2) is 39.6. The van der Waals surface area contributed by atoms with E-state index in [0.717, 1.165) is 183 Å². The van der Waals surface area contributed by atoms with Crippen LogP contribution in [0.1, 0.15) is 365 Å². The Morgan fingerprint density at radius 3 is 1.50 bits per heavy atom. The monoisotopic (exact) mass is 1810 g/mol. The van der Waals surface area contributed by atoms with Crippen LogP contribution in [0.2, 0.25) is 0 Å². The summed E-state index contributed by atoms with van der Waals surface area (Å²) in [6.45, 7) is 18.5. The number of ether oxygens (including phenoxy) is 6. The van der Waals surface area contributed by atoms with Crippen LogP contribution in [0.4, 0.5) is 0 Å². The molecule has 0 radical (unpaired) electrons. The number of phenols is 1. The number of hydrogen-bond acceptors (Lipinski definition) is 14. The standard InChI is InChI=1S/C37H53NO4.C35H51NO3.C22H31IO3.C15H23NO/c1-3-33(38-28-9-5-4-6-10-28)26-8-7-11-29(24-26)40-21-20-36-17-16-31-30(32(36)14-15-34(36)39)13-12-27-25-37(41-22-23-42-37)19-18-35(27,31)2;1-3-32(36-26-9-5-4-6-10-26)24-8-7-11-28(22-24)39-21-20-35-19-17-30-29(31(35)14-15-33(35)38)13-12-25-23-27(37)16-18-34(25,30)2;1-20-8-9-22(25-12-13-26-22)14-15(20)2-3-16-17(20)6-7-21(10-11-23)18(16)4-5-19(21)24;1-2-15(12-7-6-10-14(17)11-12)16-13-8-4-3-5-9-13/h7-8,11,24-25,28,30-33,38H,3-6,9-10,12-23H2,1-2H3;7-8,11,22-23,26,29-33,36,38H,3-6,9-10,12-21H2,1-2H3;2,16-18H,3-14H2,1H3;6-7,10-11,13,15-17H,2-5,8-9H2,1H3/t30?,31?,32?,33?,35-,36+;29?,30?,31?,32?,33-,34-,35+;16?,17?,18?,20-,21+;/m000./s1. The molecule has 3 aromatic carbocycles. The first kappa shape index (κ1) is 91.6. The first-order valence-electron chi connectivity index (χ1n) is 51.2. The number of aliphatic hydroxyl groups excluding tert-OH is 1. The maximum atomic E-state index is 13.6. The Labute approximate surface area is 759 Å². The molecule has 2 spiro atoms. The number of carbonyl (C=O) groups is 3. The van der Waals surface area contributed by atoms with Gasteiger partial charge in [-0.25, -0.2) is 0 Å². The highest BCUT2D eigenvalue weighted by atomic mass is 127. The molecule has 2 saturated heterocycles. The summed E-state index contributed by atoms with van der Waals surface area (Å²) in [7, 11) is 0. The van der Waals surface area contributed by atoms with E-state index in [1.54, 1.807) is 17.2 Å². The van der Waals surface area contributed by atoms with Gasteiger partial charge in [-0.05, 0) is 327 Å². The number of Topliss-reactive ketones (excluding diaryl/α,β-unsaturated/α-hetero) is 2. The molecule has 19 atom stereocenters. The smallest absolute Gasteiger partial charge is 0.188 e. The van der Waals surface area contributed by atoms with Crippen molar-refractivity contribution in [3.05, 3.63) is 124 Å². The molecule has 0 amide bonds. The molecule has 5 N–H and O–H groups in total. The van der Waals surface area contributed by atoms with Gasteiger partial charge in [0.05, 0.1) is 45.7 Å². The van der Waals surface area contributed by atoms with Crippen LogP contribution in [0.25, 0.3) is 0 Å². The van der Waals surface area contributed by atoms with Gasteiger partial charge in [-0.1, -0.05) is 181 Å². The van der Waals surface area contributed by atoms with Gasteiger partial charge in [-0.15, -0.1) is 0 Å². The molecule has 12 saturated carbocycles. The van der Waals surface area contributed by atoms with Gasteiger partial charge < -0.3 is 54.6 Å². The molecule has 12 unspecified atom stereocenters. The minimum absolute atomic E-state index is 0.00463. The summed E-state index contributed by atoms with van der Waals surface area (Å²) >= 11 is 2.48. The van der Waals surface area contributed by atoms with Crippen molar-refractivity contribution in [1.29, 1.82) is 0 Å². The number of nitrogens with one attached hydrogen (secondary N) is 3. The number of ketones is 3. The molecular formula is C109H158IN3O11. The first-order chi connectivity index (χ1) is 60.2. The second-order valence-corrected chi connectivity index (χ2v) is 44.5. The maximum absolute atomic E-state index is 13.6. The first-order valence-corrected chi connectivity index (χ1v) is 52.8. The van der Waals surface area contributed by atoms with Crippen molar-refractivity contribution in [2.45, 2.75) is 384 Å². The van der Waals surface area contributed by atoms with Crippen LogP contribution < -0.4 is 25.4 Å². The zero-order chi connectivity index (χ0) is 85.9. The van der Waals surface area contributed by atoms with Gasteiger partial charge in [-0.3, -0.25) is 14.4 Å². The van der Waals surface area contributed by atoms with Crippen molar-refractivity contribution in [2.75, 3.05) is 44.1 Å². The molecule has 2 heterocycles. The van der Waals surface area contributed by atoms with Gasteiger partial charge in [-0.2, -0.15) is 0 Å². The third-order valence-electron chi connectivity index (χ3n) is 37.7. The predicted molar refractivity (Wildman–Crippen MR) is 502 cm³/mol. The van der Waals surface area contributed by atoms with Crippen molar-refractivity contribution in [1.82, 2.24) is 16.0 Å². The summed E-state index contributed by atoms with van der Waals surface area (Å²) < 4.78 is 38.3. The molecule has 3 aromatic rings.